The first-order chi connectivity index (χ1) is 11.0. The summed E-state index contributed by atoms with van der Waals surface area (Å²) in [6, 6.07) is 11.2. The lowest BCUT2D eigenvalue weighted by Crippen LogP contribution is -2.15. The highest BCUT2D eigenvalue weighted by Crippen LogP contribution is 2.30. The third-order valence-corrected chi connectivity index (χ3v) is 3.82. The van der Waals surface area contributed by atoms with E-state index in [2.05, 4.69) is 19.2 Å². The van der Waals surface area contributed by atoms with E-state index >= 15 is 0 Å². The van der Waals surface area contributed by atoms with Crippen molar-refractivity contribution in [2.75, 3.05) is 19.5 Å². The molecule has 1 amide bonds. The van der Waals surface area contributed by atoms with E-state index in [1.807, 2.05) is 25.1 Å². The molecule has 0 saturated heterocycles. The largest absolute Gasteiger partial charge is 0.497 e. The second-order valence-electron chi connectivity index (χ2n) is 5.71. The number of anilines is 1. The summed E-state index contributed by atoms with van der Waals surface area (Å²) in [7, 11) is 3.12. The van der Waals surface area contributed by atoms with E-state index in [0.717, 1.165) is 16.8 Å². The van der Waals surface area contributed by atoms with Crippen molar-refractivity contribution in [1.29, 1.82) is 0 Å². The van der Waals surface area contributed by atoms with E-state index in [-0.39, 0.29) is 5.91 Å². The average molecular weight is 313 g/mol. The number of carbonyl (C=O) groups excluding carboxylic acids is 1. The van der Waals surface area contributed by atoms with Gasteiger partial charge in [-0.15, -0.1) is 0 Å². The zero-order valence-electron chi connectivity index (χ0n) is 14.3. The zero-order chi connectivity index (χ0) is 17.0. The third-order valence-electron chi connectivity index (χ3n) is 3.82. The van der Waals surface area contributed by atoms with Gasteiger partial charge in [0.2, 0.25) is 0 Å². The van der Waals surface area contributed by atoms with Crippen LogP contribution in [0.3, 0.4) is 0 Å². The first-order valence-corrected chi connectivity index (χ1v) is 7.60. The molecule has 0 aliphatic heterocycles. The van der Waals surface area contributed by atoms with Crippen molar-refractivity contribution in [2.24, 2.45) is 0 Å². The highest BCUT2D eigenvalue weighted by atomic mass is 16.5. The molecule has 1 N–H and O–H groups in total. The van der Waals surface area contributed by atoms with Gasteiger partial charge >= 0.3 is 0 Å². The molecule has 0 saturated carbocycles. The van der Waals surface area contributed by atoms with Crippen LogP contribution in [0.2, 0.25) is 0 Å². The Morgan fingerprint density at radius 2 is 1.83 bits per heavy atom. The Morgan fingerprint density at radius 1 is 1.09 bits per heavy atom. The molecule has 0 spiro atoms. The Labute approximate surface area is 137 Å². The molecule has 2 aromatic carbocycles. The van der Waals surface area contributed by atoms with Gasteiger partial charge in [-0.05, 0) is 36.1 Å². The molecule has 2 rings (SSSR count). The molecule has 0 fully saturated rings. The van der Waals surface area contributed by atoms with Crippen LogP contribution in [0.1, 0.15) is 41.3 Å². The number of aryl methyl sites for hydroxylation is 1. The lowest BCUT2D eigenvalue weighted by Gasteiger charge is -2.17. The maximum absolute atomic E-state index is 12.7. The predicted octanol–water partition coefficient (Wildman–Crippen LogP) is 4.39. The number of methoxy groups -OCH3 is 2. The summed E-state index contributed by atoms with van der Waals surface area (Å²) >= 11 is 0. The summed E-state index contributed by atoms with van der Waals surface area (Å²) in [5, 5.41) is 3.03. The number of hydrogen-bond acceptors (Lipinski definition) is 3. The molecule has 23 heavy (non-hydrogen) atoms. The molecule has 2 aromatic rings. The monoisotopic (exact) mass is 313 g/mol. The van der Waals surface area contributed by atoms with Crippen molar-refractivity contribution in [3.05, 3.63) is 53.1 Å². The lowest BCUT2D eigenvalue weighted by molar-refractivity contribution is 0.102. The molecule has 0 bridgehead atoms. The summed E-state index contributed by atoms with van der Waals surface area (Å²) < 4.78 is 10.5. The van der Waals surface area contributed by atoms with Crippen LogP contribution >= 0.6 is 0 Å². The molecule has 4 nitrogen and oxygen atoms in total. The standard InChI is InChI=1S/C19H23NO3/c1-12(2)15-8-6-7-13(3)18(15)20-19(21)16-10-9-14(22-4)11-17(16)23-5/h6-12H,1-5H3,(H,20,21). The summed E-state index contributed by atoms with van der Waals surface area (Å²) in [5.74, 6) is 1.27. The van der Waals surface area contributed by atoms with Gasteiger partial charge in [0.25, 0.3) is 5.91 Å². The van der Waals surface area contributed by atoms with Gasteiger partial charge in [-0.3, -0.25) is 4.79 Å². The summed E-state index contributed by atoms with van der Waals surface area (Å²) in [6.45, 7) is 6.21. The SMILES string of the molecule is COc1ccc(C(=O)Nc2c(C)cccc2C(C)C)c(OC)c1. The van der Waals surface area contributed by atoms with E-state index in [1.165, 1.54) is 0 Å². The smallest absolute Gasteiger partial charge is 0.259 e. The number of benzene rings is 2. The fraction of sp³-hybridized carbons (Fsp3) is 0.316. The van der Waals surface area contributed by atoms with Gasteiger partial charge in [0.1, 0.15) is 11.5 Å². The van der Waals surface area contributed by atoms with Crippen molar-refractivity contribution in [2.45, 2.75) is 26.7 Å². The number of carbonyl (C=O) groups is 1. The maximum atomic E-state index is 12.7. The summed E-state index contributed by atoms with van der Waals surface area (Å²) in [6.07, 6.45) is 0. The summed E-state index contributed by atoms with van der Waals surface area (Å²) in [4.78, 5) is 12.7. The van der Waals surface area contributed by atoms with Crippen molar-refractivity contribution >= 4 is 11.6 Å². The lowest BCUT2D eigenvalue weighted by atomic mass is 9.98. The van der Waals surface area contributed by atoms with Crippen molar-refractivity contribution in [3.63, 3.8) is 0 Å². The molecule has 0 aromatic heterocycles. The average Bonchev–Trinajstić information content (AvgIpc) is 2.55. The first kappa shape index (κ1) is 16.9. The van der Waals surface area contributed by atoms with Gasteiger partial charge in [0.05, 0.1) is 19.8 Å². The summed E-state index contributed by atoms with van der Waals surface area (Å²) in [5.41, 5.74) is 3.50. The Balaban J connectivity index is 2.37. The van der Waals surface area contributed by atoms with Crippen molar-refractivity contribution in [1.82, 2.24) is 0 Å². The number of hydrogen-bond donors (Lipinski definition) is 1. The quantitative estimate of drug-likeness (QED) is 0.890. The highest BCUT2D eigenvalue weighted by Gasteiger charge is 2.17. The Bertz CT molecular complexity index is 708. The number of para-hydroxylation sites is 1. The molecular formula is C19H23NO3. The molecule has 122 valence electrons. The molecular weight excluding hydrogens is 290 g/mol. The van der Waals surface area contributed by atoms with E-state index in [0.29, 0.717) is 23.0 Å². The van der Waals surface area contributed by atoms with Gasteiger partial charge in [0, 0.05) is 11.8 Å². The second-order valence-corrected chi connectivity index (χ2v) is 5.71. The highest BCUT2D eigenvalue weighted by molar-refractivity contribution is 6.07. The number of ether oxygens (including phenoxy) is 2. The van der Waals surface area contributed by atoms with E-state index in [9.17, 15) is 4.79 Å². The van der Waals surface area contributed by atoms with Gasteiger partial charge in [-0.25, -0.2) is 0 Å². The molecule has 0 atom stereocenters. The van der Waals surface area contributed by atoms with Crippen LogP contribution in [0, 0.1) is 6.92 Å². The molecule has 0 aliphatic rings. The van der Waals surface area contributed by atoms with Crippen LogP contribution in [-0.2, 0) is 0 Å². The van der Waals surface area contributed by atoms with Crippen LogP contribution < -0.4 is 14.8 Å². The number of nitrogens with one attached hydrogen (secondary N) is 1. The van der Waals surface area contributed by atoms with Crippen molar-refractivity contribution < 1.29 is 14.3 Å². The van der Waals surface area contributed by atoms with Gasteiger partial charge < -0.3 is 14.8 Å². The van der Waals surface area contributed by atoms with Gasteiger partial charge in [-0.2, -0.15) is 0 Å². The van der Waals surface area contributed by atoms with Crippen LogP contribution in [0.5, 0.6) is 11.5 Å². The van der Waals surface area contributed by atoms with E-state index in [1.54, 1.807) is 32.4 Å². The Morgan fingerprint density at radius 3 is 2.43 bits per heavy atom. The fourth-order valence-corrected chi connectivity index (χ4v) is 2.51. The number of amides is 1. The van der Waals surface area contributed by atoms with Crippen LogP contribution in [0.4, 0.5) is 5.69 Å². The minimum absolute atomic E-state index is 0.194. The molecule has 4 heteroatoms. The van der Waals surface area contributed by atoms with Crippen molar-refractivity contribution in [3.8, 4) is 11.5 Å². The van der Waals surface area contributed by atoms with Gasteiger partial charge in [0.15, 0.2) is 0 Å². The predicted molar refractivity (Wildman–Crippen MR) is 92.8 cm³/mol. The molecule has 0 aliphatic carbocycles. The second kappa shape index (κ2) is 7.18. The Kier molecular flexibility index (Phi) is 5.27. The minimum Gasteiger partial charge on any atom is -0.497 e. The fourth-order valence-electron chi connectivity index (χ4n) is 2.51. The molecule has 0 heterocycles. The van der Waals surface area contributed by atoms with Crippen LogP contribution in [0.15, 0.2) is 36.4 Å². The Hall–Kier alpha value is -2.49. The van der Waals surface area contributed by atoms with Gasteiger partial charge in [-0.1, -0.05) is 32.0 Å². The van der Waals surface area contributed by atoms with E-state index < -0.39 is 0 Å². The number of rotatable bonds is 5. The van der Waals surface area contributed by atoms with Crippen LogP contribution in [-0.4, -0.2) is 20.1 Å². The molecule has 0 radical (unpaired) electrons. The van der Waals surface area contributed by atoms with Crippen LogP contribution in [0.25, 0.3) is 0 Å². The normalized spacial score (nSPS) is 10.5. The topological polar surface area (TPSA) is 47.6 Å². The zero-order valence-corrected chi connectivity index (χ0v) is 14.3. The first-order valence-electron chi connectivity index (χ1n) is 7.60. The molecule has 0 unspecified atom stereocenters. The van der Waals surface area contributed by atoms with E-state index in [4.69, 9.17) is 9.47 Å². The minimum atomic E-state index is -0.194. The maximum Gasteiger partial charge on any atom is 0.259 e. The third kappa shape index (κ3) is 3.65.